The van der Waals surface area contributed by atoms with E-state index in [4.69, 9.17) is 21.3 Å². The van der Waals surface area contributed by atoms with E-state index in [1.807, 2.05) is 60.7 Å². The highest BCUT2D eigenvalue weighted by molar-refractivity contribution is 6.30. The maximum atomic E-state index is 6.19. The van der Waals surface area contributed by atoms with Crippen LogP contribution in [-0.4, -0.2) is 24.2 Å². The van der Waals surface area contributed by atoms with Crippen LogP contribution in [0.1, 0.15) is 18.4 Å². The summed E-state index contributed by atoms with van der Waals surface area (Å²) in [5.74, 6) is 1.84. The number of nitrogens with one attached hydrogen (secondary N) is 1. The lowest BCUT2D eigenvalue weighted by atomic mass is 10.1. The van der Waals surface area contributed by atoms with Crippen LogP contribution in [0.3, 0.4) is 0 Å². The maximum absolute atomic E-state index is 6.19. The second-order valence-electron chi connectivity index (χ2n) is 8.14. The normalized spacial score (nSPS) is 14.5. The molecule has 0 amide bonds. The van der Waals surface area contributed by atoms with E-state index in [1.54, 1.807) is 0 Å². The summed E-state index contributed by atoms with van der Waals surface area (Å²) in [4.78, 5) is 7.31. The van der Waals surface area contributed by atoms with Crippen molar-refractivity contribution in [2.75, 3.05) is 23.3 Å². The van der Waals surface area contributed by atoms with E-state index in [0.717, 1.165) is 48.0 Å². The lowest BCUT2D eigenvalue weighted by molar-refractivity contribution is 0.171. The van der Waals surface area contributed by atoms with Gasteiger partial charge in [0.05, 0.1) is 5.52 Å². The summed E-state index contributed by atoms with van der Waals surface area (Å²) in [6.45, 7) is 2.62. The Labute approximate surface area is 193 Å². The van der Waals surface area contributed by atoms with E-state index in [2.05, 4.69) is 34.5 Å². The van der Waals surface area contributed by atoms with Crippen LogP contribution >= 0.6 is 11.6 Å². The number of benzene rings is 3. The molecule has 0 bridgehead atoms. The van der Waals surface area contributed by atoms with Gasteiger partial charge in [-0.2, -0.15) is 0 Å². The highest BCUT2D eigenvalue weighted by Crippen LogP contribution is 2.31. The van der Waals surface area contributed by atoms with Crippen molar-refractivity contribution in [2.45, 2.75) is 25.5 Å². The van der Waals surface area contributed by atoms with Gasteiger partial charge in [0.15, 0.2) is 0 Å². The summed E-state index contributed by atoms with van der Waals surface area (Å²) in [7, 11) is 0. The van der Waals surface area contributed by atoms with Crippen LogP contribution < -0.4 is 15.0 Å². The van der Waals surface area contributed by atoms with Crippen molar-refractivity contribution in [1.82, 2.24) is 4.98 Å². The molecular formula is C27H26ClN3O. The predicted octanol–water partition coefficient (Wildman–Crippen LogP) is 6.55. The molecule has 4 aromatic rings. The maximum Gasteiger partial charge on any atom is 0.129 e. The van der Waals surface area contributed by atoms with Crippen molar-refractivity contribution in [2.24, 2.45) is 0 Å². The number of hydrogen-bond donors (Lipinski definition) is 1. The molecule has 4 nitrogen and oxygen atoms in total. The Morgan fingerprint density at radius 3 is 2.41 bits per heavy atom. The zero-order chi connectivity index (χ0) is 21.8. The van der Waals surface area contributed by atoms with Gasteiger partial charge in [0.2, 0.25) is 0 Å². The molecule has 0 saturated carbocycles. The van der Waals surface area contributed by atoms with Crippen LogP contribution in [0.2, 0.25) is 5.02 Å². The molecule has 0 radical (unpaired) electrons. The Morgan fingerprint density at radius 1 is 0.906 bits per heavy atom. The molecule has 1 N–H and O–H groups in total. The SMILES string of the molecule is Clc1ccc(CNc2cc(N3CCC(Oc4ccccc4)CC3)c3ccccc3n2)cc1. The van der Waals surface area contributed by atoms with Gasteiger partial charge in [-0.05, 0) is 35.9 Å². The van der Waals surface area contributed by atoms with E-state index >= 15 is 0 Å². The number of halogens is 1. The molecule has 1 aromatic heterocycles. The number of anilines is 2. The summed E-state index contributed by atoms with van der Waals surface area (Å²) >= 11 is 6.01. The van der Waals surface area contributed by atoms with Crippen LogP contribution in [-0.2, 0) is 6.54 Å². The summed E-state index contributed by atoms with van der Waals surface area (Å²) in [5, 5.41) is 5.42. The molecule has 1 saturated heterocycles. The summed E-state index contributed by atoms with van der Waals surface area (Å²) in [6.07, 6.45) is 2.25. The quantitative estimate of drug-likeness (QED) is 0.366. The molecule has 5 rings (SSSR count). The van der Waals surface area contributed by atoms with Crippen LogP contribution in [0, 0.1) is 0 Å². The van der Waals surface area contributed by atoms with Gasteiger partial charge in [-0.3, -0.25) is 0 Å². The van der Waals surface area contributed by atoms with Gasteiger partial charge in [0.25, 0.3) is 0 Å². The van der Waals surface area contributed by atoms with E-state index in [-0.39, 0.29) is 6.10 Å². The Hall–Kier alpha value is -3.24. The van der Waals surface area contributed by atoms with Gasteiger partial charge < -0.3 is 15.0 Å². The largest absolute Gasteiger partial charge is 0.490 e. The topological polar surface area (TPSA) is 37.4 Å². The van der Waals surface area contributed by atoms with Gasteiger partial charge in [-0.1, -0.05) is 60.1 Å². The Morgan fingerprint density at radius 2 is 1.62 bits per heavy atom. The molecule has 162 valence electrons. The molecule has 3 aromatic carbocycles. The number of hydrogen-bond acceptors (Lipinski definition) is 4. The minimum atomic E-state index is 0.254. The molecule has 5 heteroatoms. The van der Waals surface area contributed by atoms with Crippen LogP contribution in [0.4, 0.5) is 11.5 Å². The Balaban J connectivity index is 1.32. The van der Waals surface area contributed by atoms with E-state index in [9.17, 15) is 0 Å². The standard InChI is InChI=1S/C27H26ClN3O/c28-21-12-10-20(11-13-21)19-29-27-18-26(24-8-4-5-9-25(24)30-27)31-16-14-23(15-17-31)32-22-6-2-1-3-7-22/h1-13,18,23H,14-17,19H2,(H,29,30). The van der Waals surface area contributed by atoms with Crippen molar-refractivity contribution < 1.29 is 4.74 Å². The first-order valence-corrected chi connectivity index (χ1v) is 11.5. The monoisotopic (exact) mass is 443 g/mol. The van der Waals surface area contributed by atoms with Gasteiger partial charge >= 0.3 is 0 Å². The average molecular weight is 444 g/mol. The van der Waals surface area contributed by atoms with E-state index in [1.165, 1.54) is 16.6 Å². The van der Waals surface area contributed by atoms with Crippen molar-refractivity contribution in [3.05, 3.63) is 95.5 Å². The lowest BCUT2D eigenvalue weighted by Crippen LogP contribution is -2.38. The fourth-order valence-corrected chi connectivity index (χ4v) is 4.34. The first-order valence-electron chi connectivity index (χ1n) is 11.1. The lowest BCUT2D eigenvalue weighted by Gasteiger charge is -2.34. The minimum Gasteiger partial charge on any atom is -0.490 e. The Kier molecular flexibility index (Phi) is 6.13. The van der Waals surface area contributed by atoms with Gasteiger partial charge in [-0.15, -0.1) is 0 Å². The number of aromatic nitrogens is 1. The zero-order valence-electron chi connectivity index (χ0n) is 17.9. The minimum absolute atomic E-state index is 0.254. The molecule has 2 heterocycles. The number of pyridine rings is 1. The molecule has 1 aliphatic rings. The van der Waals surface area contributed by atoms with E-state index < -0.39 is 0 Å². The van der Waals surface area contributed by atoms with Crippen LogP contribution in [0.25, 0.3) is 10.9 Å². The van der Waals surface area contributed by atoms with Crippen LogP contribution in [0.15, 0.2) is 84.9 Å². The first-order chi connectivity index (χ1) is 15.7. The molecule has 0 atom stereocenters. The number of fused-ring (bicyclic) bond motifs is 1. The van der Waals surface area contributed by atoms with E-state index in [0.29, 0.717) is 6.54 Å². The third-order valence-electron chi connectivity index (χ3n) is 5.91. The van der Waals surface area contributed by atoms with Crippen molar-refractivity contribution in [3.8, 4) is 5.75 Å². The number of rotatable bonds is 6. The Bertz CT molecular complexity index is 1170. The molecule has 32 heavy (non-hydrogen) atoms. The summed E-state index contributed by atoms with van der Waals surface area (Å²) in [6, 6.07) is 28.6. The summed E-state index contributed by atoms with van der Waals surface area (Å²) in [5.41, 5.74) is 3.41. The molecule has 1 fully saturated rings. The molecule has 1 aliphatic heterocycles. The third-order valence-corrected chi connectivity index (χ3v) is 6.16. The second-order valence-corrected chi connectivity index (χ2v) is 8.58. The van der Waals surface area contributed by atoms with Gasteiger partial charge in [-0.25, -0.2) is 4.98 Å². The summed E-state index contributed by atoms with van der Waals surface area (Å²) < 4.78 is 6.19. The first kappa shape index (κ1) is 20.7. The van der Waals surface area contributed by atoms with Crippen molar-refractivity contribution in [3.63, 3.8) is 0 Å². The smallest absolute Gasteiger partial charge is 0.129 e. The molecular weight excluding hydrogens is 418 g/mol. The predicted molar refractivity (Wildman–Crippen MR) is 133 cm³/mol. The fourth-order valence-electron chi connectivity index (χ4n) is 4.21. The molecule has 0 spiro atoms. The molecule has 0 aliphatic carbocycles. The number of nitrogens with zero attached hydrogens (tertiary/aromatic N) is 2. The van der Waals surface area contributed by atoms with Crippen molar-refractivity contribution >= 4 is 34.0 Å². The fraction of sp³-hybridized carbons (Fsp3) is 0.222. The van der Waals surface area contributed by atoms with Gasteiger partial charge in [0.1, 0.15) is 17.7 Å². The van der Waals surface area contributed by atoms with Crippen LogP contribution in [0.5, 0.6) is 5.75 Å². The third kappa shape index (κ3) is 4.81. The number of ether oxygens (including phenoxy) is 1. The highest BCUT2D eigenvalue weighted by Gasteiger charge is 2.22. The second kappa shape index (κ2) is 9.49. The number of para-hydroxylation sites is 2. The number of piperidine rings is 1. The zero-order valence-corrected chi connectivity index (χ0v) is 18.6. The average Bonchev–Trinajstić information content (AvgIpc) is 2.84. The van der Waals surface area contributed by atoms with Crippen molar-refractivity contribution in [1.29, 1.82) is 0 Å². The van der Waals surface area contributed by atoms with Gasteiger partial charge in [0, 0.05) is 54.6 Å². The highest BCUT2D eigenvalue weighted by atomic mass is 35.5. The molecule has 0 unspecified atom stereocenters.